The highest BCUT2D eigenvalue weighted by Crippen LogP contribution is 2.16. The van der Waals surface area contributed by atoms with Gasteiger partial charge in [-0.1, -0.05) is 0 Å². The Kier molecular flexibility index (Phi) is 3.93. The Morgan fingerprint density at radius 1 is 1.58 bits per heavy atom. The van der Waals surface area contributed by atoms with Crippen molar-refractivity contribution in [2.24, 2.45) is 7.05 Å². The van der Waals surface area contributed by atoms with Crippen molar-refractivity contribution in [1.82, 2.24) is 14.5 Å². The second-order valence-electron chi connectivity index (χ2n) is 4.41. The topological polar surface area (TPSA) is 90.0 Å². The highest BCUT2D eigenvalue weighted by Gasteiger charge is 2.22. The minimum atomic E-state index is -3.63. The Labute approximate surface area is 116 Å². The third-order valence-electron chi connectivity index (χ3n) is 2.59. The van der Waals surface area contributed by atoms with Crippen molar-refractivity contribution in [2.45, 2.75) is 24.3 Å². The van der Waals surface area contributed by atoms with Gasteiger partial charge in [0.05, 0.1) is 0 Å². The predicted octanol–water partition coefficient (Wildman–Crippen LogP) is 0.973. The number of nitrogens with zero attached hydrogens (tertiary/aromatic N) is 2. The van der Waals surface area contributed by atoms with Crippen LogP contribution in [-0.2, 0) is 23.5 Å². The van der Waals surface area contributed by atoms with Crippen molar-refractivity contribution in [1.29, 1.82) is 0 Å². The van der Waals surface area contributed by atoms with Crippen LogP contribution in [0.25, 0.3) is 0 Å². The van der Waals surface area contributed by atoms with Crippen LogP contribution in [0, 0.1) is 0 Å². The van der Waals surface area contributed by atoms with E-state index in [9.17, 15) is 8.42 Å². The van der Waals surface area contributed by atoms with Gasteiger partial charge in [-0.15, -0.1) is 0 Å². The Morgan fingerprint density at radius 2 is 2.32 bits per heavy atom. The van der Waals surface area contributed by atoms with E-state index >= 15 is 0 Å². The number of thiophene rings is 1. The molecule has 0 saturated heterocycles. The van der Waals surface area contributed by atoms with E-state index in [0.717, 1.165) is 5.56 Å². The zero-order valence-electron chi connectivity index (χ0n) is 10.7. The summed E-state index contributed by atoms with van der Waals surface area (Å²) in [6.07, 6.45) is 2.04. The van der Waals surface area contributed by atoms with Crippen molar-refractivity contribution in [3.05, 3.63) is 28.6 Å². The lowest BCUT2D eigenvalue weighted by molar-refractivity contribution is 0.560. The molecule has 0 fully saturated rings. The Hall–Kier alpha value is -1.38. The minimum Gasteiger partial charge on any atom is -0.381 e. The van der Waals surface area contributed by atoms with Crippen LogP contribution < -0.4 is 10.5 Å². The average Bonchev–Trinajstić information content (AvgIpc) is 2.87. The zero-order valence-corrected chi connectivity index (χ0v) is 12.3. The number of anilines is 1. The van der Waals surface area contributed by atoms with E-state index in [4.69, 9.17) is 5.73 Å². The smallest absolute Gasteiger partial charge is 0.246 e. The fourth-order valence-electron chi connectivity index (χ4n) is 1.82. The fraction of sp³-hybridized carbons (Fsp3) is 0.364. The van der Waals surface area contributed by atoms with E-state index in [1.54, 1.807) is 18.4 Å². The van der Waals surface area contributed by atoms with Gasteiger partial charge in [-0.2, -0.15) is 16.4 Å². The first-order valence-corrected chi connectivity index (χ1v) is 8.13. The van der Waals surface area contributed by atoms with Gasteiger partial charge >= 0.3 is 0 Å². The molecule has 0 aliphatic carbocycles. The van der Waals surface area contributed by atoms with Crippen LogP contribution >= 0.6 is 11.3 Å². The quantitative estimate of drug-likeness (QED) is 0.861. The summed E-state index contributed by atoms with van der Waals surface area (Å²) < 4.78 is 28.3. The molecule has 19 heavy (non-hydrogen) atoms. The van der Waals surface area contributed by atoms with Gasteiger partial charge in [0.2, 0.25) is 10.0 Å². The van der Waals surface area contributed by atoms with E-state index in [-0.39, 0.29) is 16.8 Å². The third-order valence-corrected chi connectivity index (χ3v) is 4.93. The lowest BCUT2D eigenvalue weighted by Gasteiger charge is -2.12. The molecule has 0 saturated carbocycles. The first kappa shape index (κ1) is 14.0. The summed E-state index contributed by atoms with van der Waals surface area (Å²) in [5.41, 5.74) is 6.70. The molecule has 2 aromatic rings. The maximum atomic E-state index is 12.2. The molecule has 0 spiro atoms. The van der Waals surface area contributed by atoms with Crippen molar-refractivity contribution in [2.75, 3.05) is 5.73 Å². The number of nitrogen functional groups attached to an aromatic ring is 1. The number of aromatic nitrogens is 2. The lowest BCUT2D eigenvalue weighted by Crippen LogP contribution is -2.34. The lowest BCUT2D eigenvalue weighted by atomic mass is 10.1. The van der Waals surface area contributed by atoms with Crippen LogP contribution in [0.4, 0.5) is 5.82 Å². The maximum Gasteiger partial charge on any atom is 0.246 e. The Balaban J connectivity index is 2.11. The third kappa shape index (κ3) is 3.34. The Morgan fingerprint density at radius 3 is 2.84 bits per heavy atom. The summed E-state index contributed by atoms with van der Waals surface area (Å²) in [5, 5.41) is 7.81. The zero-order chi connectivity index (χ0) is 14.0. The average molecular weight is 300 g/mol. The molecular weight excluding hydrogens is 284 g/mol. The first-order chi connectivity index (χ1) is 8.88. The fourth-order valence-corrected chi connectivity index (χ4v) is 3.85. The molecule has 0 aliphatic heterocycles. The van der Waals surface area contributed by atoms with E-state index in [0.29, 0.717) is 6.42 Å². The molecule has 0 amide bonds. The van der Waals surface area contributed by atoms with Crippen LogP contribution in [0.3, 0.4) is 0 Å². The molecule has 1 atom stereocenters. The molecule has 6 nitrogen and oxygen atoms in total. The van der Waals surface area contributed by atoms with Crippen molar-refractivity contribution in [3.63, 3.8) is 0 Å². The molecule has 3 N–H and O–H groups in total. The SMILES string of the molecule is CC(Cc1ccsc1)NS(=O)(=O)c1cn(C)nc1N. The van der Waals surface area contributed by atoms with Gasteiger partial charge in [-0.3, -0.25) is 4.68 Å². The molecule has 0 aromatic carbocycles. The van der Waals surface area contributed by atoms with Gasteiger partial charge in [-0.25, -0.2) is 13.1 Å². The van der Waals surface area contributed by atoms with Crippen LogP contribution in [0.5, 0.6) is 0 Å². The van der Waals surface area contributed by atoms with Gasteiger partial charge in [0.1, 0.15) is 4.90 Å². The molecule has 0 radical (unpaired) electrons. The number of nitrogens with two attached hydrogens (primary N) is 1. The molecule has 2 aromatic heterocycles. The second kappa shape index (κ2) is 5.32. The van der Waals surface area contributed by atoms with Crippen LogP contribution in [0.2, 0.25) is 0 Å². The van der Waals surface area contributed by atoms with Crippen LogP contribution in [-0.4, -0.2) is 24.2 Å². The van der Waals surface area contributed by atoms with Crippen molar-refractivity contribution in [3.8, 4) is 0 Å². The highest BCUT2D eigenvalue weighted by molar-refractivity contribution is 7.89. The predicted molar refractivity (Wildman–Crippen MR) is 75.4 cm³/mol. The normalized spacial score (nSPS) is 13.6. The highest BCUT2D eigenvalue weighted by atomic mass is 32.2. The largest absolute Gasteiger partial charge is 0.381 e. The number of sulfonamides is 1. The van der Waals surface area contributed by atoms with Gasteiger partial charge in [0.25, 0.3) is 0 Å². The van der Waals surface area contributed by atoms with E-state index in [2.05, 4.69) is 9.82 Å². The summed E-state index contributed by atoms with van der Waals surface area (Å²) in [5.74, 6) is 0.0118. The number of hydrogen-bond acceptors (Lipinski definition) is 5. The minimum absolute atomic E-state index is 0.0118. The summed E-state index contributed by atoms with van der Waals surface area (Å²) in [4.78, 5) is 0.0205. The first-order valence-electron chi connectivity index (χ1n) is 5.71. The van der Waals surface area contributed by atoms with Crippen LogP contribution in [0.15, 0.2) is 27.9 Å². The van der Waals surface area contributed by atoms with Crippen molar-refractivity contribution >= 4 is 27.2 Å². The van der Waals surface area contributed by atoms with Gasteiger partial charge in [0, 0.05) is 19.3 Å². The maximum absolute atomic E-state index is 12.2. The van der Waals surface area contributed by atoms with Gasteiger partial charge in [0.15, 0.2) is 5.82 Å². The molecule has 8 heteroatoms. The van der Waals surface area contributed by atoms with Gasteiger partial charge in [-0.05, 0) is 35.7 Å². The number of hydrogen-bond donors (Lipinski definition) is 2. The van der Waals surface area contributed by atoms with E-state index in [1.807, 2.05) is 23.8 Å². The summed E-state index contributed by atoms with van der Waals surface area (Å²) >= 11 is 1.59. The standard InChI is InChI=1S/C11H16N4O2S2/c1-8(5-9-3-4-18-7-9)14-19(16,17)10-6-15(2)13-11(10)12/h3-4,6-8,14H,5H2,1-2H3,(H2,12,13). The van der Waals surface area contributed by atoms with Crippen molar-refractivity contribution < 1.29 is 8.42 Å². The molecule has 2 rings (SSSR count). The Bertz CT molecular complexity index is 646. The number of aryl methyl sites for hydroxylation is 1. The molecular formula is C11H16N4O2S2. The molecule has 1 unspecified atom stereocenters. The second-order valence-corrected chi connectivity index (χ2v) is 6.87. The van der Waals surface area contributed by atoms with E-state index in [1.165, 1.54) is 10.9 Å². The summed E-state index contributed by atoms with van der Waals surface area (Å²) in [7, 11) is -2.00. The van der Waals surface area contributed by atoms with E-state index < -0.39 is 10.0 Å². The summed E-state index contributed by atoms with van der Waals surface area (Å²) in [6, 6.07) is 1.77. The molecule has 2 heterocycles. The van der Waals surface area contributed by atoms with Gasteiger partial charge < -0.3 is 5.73 Å². The van der Waals surface area contributed by atoms with Crippen LogP contribution in [0.1, 0.15) is 12.5 Å². The number of rotatable bonds is 5. The molecule has 104 valence electrons. The number of nitrogens with one attached hydrogen (secondary N) is 1. The molecule has 0 aliphatic rings. The summed E-state index contributed by atoms with van der Waals surface area (Å²) in [6.45, 7) is 1.82. The monoisotopic (exact) mass is 300 g/mol. The molecule has 0 bridgehead atoms.